The third kappa shape index (κ3) is 4.83. The fourth-order valence-electron chi connectivity index (χ4n) is 6.94. The van der Waals surface area contributed by atoms with Crippen molar-refractivity contribution in [2.45, 2.75) is 46.8 Å². The van der Waals surface area contributed by atoms with Crippen LogP contribution in [0.1, 0.15) is 69.0 Å². The number of hydrogen-bond donors (Lipinski definition) is 0. The minimum absolute atomic E-state index is 0.641. The molecule has 2 unspecified atom stereocenters. The molecule has 0 saturated carbocycles. The van der Waals surface area contributed by atoms with E-state index in [2.05, 4.69) is 135 Å². The monoisotopic (exact) mass is 587 g/mol. The first kappa shape index (κ1) is 25.7. The van der Waals surface area contributed by atoms with Gasteiger partial charge in [0, 0.05) is 0 Å². The van der Waals surface area contributed by atoms with Gasteiger partial charge in [0.1, 0.15) is 0 Å². The van der Waals surface area contributed by atoms with Crippen molar-refractivity contribution in [2.75, 3.05) is 0 Å². The Labute approximate surface area is 237 Å². The molecule has 0 spiro atoms. The van der Waals surface area contributed by atoms with Crippen LogP contribution in [0.5, 0.6) is 0 Å². The van der Waals surface area contributed by atoms with Gasteiger partial charge in [-0.2, -0.15) is 0 Å². The molecule has 189 valence electrons. The van der Waals surface area contributed by atoms with Crippen LogP contribution in [0.25, 0.3) is 12.2 Å². The summed E-state index contributed by atoms with van der Waals surface area (Å²) in [6.07, 6.45) is 10.1. The second-order valence-corrected chi connectivity index (χ2v) is 26.5. The number of benzene rings is 4. The normalized spacial score (nSPS) is 17.7. The Morgan fingerprint density at radius 3 is 1.34 bits per heavy atom. The molecule has 0 fully saturated rings. The van der Waals surface area contributed by atoms with Crippen LogP contribution in [0.3, 0.4) is 0 Å². The number of rotatable bonds is 9. The Morgan fingerprint density at radius 2 is 0.921 bits per heavy atom. The SMILES string of the molecule is CCCC1=Cc2ccccc2[CH]1[Zr]([CH]1C(CCC)=Cc2ccccc21)[SiH](c1ccccc1)c1ccccc1. The van der Waals surface area contributed by atoms with Crippen LogP contribution in [0.15, 0.2) is 120 Å². The van der Waals surface area contributed by atoms with E-state index in [1.165, 1.54) is 36.8 Å². The Hall–Kier alpha value is -2.54. The summed E-state index contributed by atoms with van der Waals surface area (Å²) in [5.74, 6) is -1.50. The standard InChI is InChI=1S/C12H11Si.2C12H13.Zr/c1-3-7-11(8-4-1)13-12-9-5-2-6-10-12;2*1-2-5-10-8-11-6-3-4-7-12(11)9-10;/h1-10,13H;2*3-4,6-9H,2,5H2,1H3;. The van der Waals surface area contributed by atoms with E-state index in [1.807, 2.05) is 0 Å². The van der Waals surface area contributed by atoms with E-state index in [0.29, 0.717) is 7.25 Å². The molecule has 2 atom stereocenters. The van der Waals surface area contributed by atoms with Crippen LogP contribution < -0.4 is 10.4 Å². The van der Waals surface area contributed by atoms with Crippen LogP contribution in [0, 0.1) is 0 Å². The fourth-order valence-corrected chi connectivity index (χ4v) is 35.2. The summed E-state index contributed by atoms with van der Waals surface area (Å²) in [6.45, 7) is 4.72. The molecule has 0 aliphatic heterocycles. The van der Waals surface area contributed by atoms with Crippen molar-refractivity contribution in [1.29, 1.82) is 0 Å². The first-order valence-electron chi connectivity index (χ1n) is 14.4. The maximum atomic E-state index is 2.59. The molecule has 6 rings (SSSR count). The van der Waals surface area contributed by atoms with Gasteiger partial charge in [0.2, 0.25) is 0 Å². The predicted molar refractivity (Wildman–Crippen MR) is 163 cm³/mol. The molecule has 2 aliphatic carbocycles. The molecular formula is C36H37SiZr. The van der Waals surface area contributed by atoms with Crippen molar-refractivity contribution in [3.05, 3.63) is 143 Å². The van der Waals surface area contributed by atoms with Gasteiger partial charge < -0.3 is 0 Å². The summed E-state index contributed by atoms with van der Waals surface area (Å²) in [4.78, 5) is 0. The topological polar surface area (TPSA) is 0 Å². The van der Waals surface area contributed by atoms with Gasteiger partial charge in [-0.15, -0.1) is 0 Å². The molecule has 38 heavy (non-hydrogen) atoms. The van der Waals surface area contributed by atoms with Gasteiger partial charge in [-0.3, -0.25) is 0 Å². The van der Waals surface area contributed by atoms with E-state index >= 15 is 0 Å². The van der Waals surface area contributed by atoms with E-state index in [1.54, 1.807) is 32.6 Å². The first-order valence-corrected chi connectivity index (χ1v) is 23.2. The Balaban J connectivity index is 1.63. The molecular weight excluding hydrogens is 552 g/mol. The van der Waals surface area contributed by atoms with E-state index in [9.17, 15) is 0 Å². The van der Waals surface area contributed by atoms with Crippen molar-refractivity contribution in [1.82, 2.24) is 0 Å². The molecule has 0 amide bonds. The number of hydrogen-bond acceptors (Lipinski definition) is 0. The molecule has 0 saturated heterocycles. The number of fused-ring (bicyclic) bond motifs is 2. The van der Waals surface area contributed by atoms with Crippen LogP contribution in [0.4, 0.5) is 0 Å². The van der Waals surface area contributed by atoms with Crippen molar-refractivity contribution < 1.29 is 20.9 Å². The zero-order valence-corrected chi connectivity index (χ0v) is 26.2. The molecule has 2 heteroatoms. The van der Waals surface area contributed by atoms with Crippen molar-refractivity contribution in [3.8, 4) is 0 Å². The first-order chi connectivity index (χ1) is 18.8. The van der Waals surface area contributed by atoms with E-state index in [4.69, 9.17) is 0 Å². The molecule has 0 aromatic heterocycles. The van der Waals surface area contributed by atoms with Crippen molar-refractivity contribution in [2.24, 2.45) is 0 Å². The average molecular weight is 589 g/mol. The molecule has 0 nitrogen and oxygen atoms in total. The Bertz CT molecular complexity index is 1340. The molecule has 2 aliphatic rings. The quantitative estimate of drug-likeness (QED) is 0.174. The van der Waals surface area contributed by atoms with E-state index in [0.717, 1.165) is 0 Å². The van der Waals surface area contributed by atoms with Gasteiger partial charge in [-0.05, 0) is 0 Å². The Morgan fingerprint density at radius 1 is 0.526 bits per heavy atom. The Kier molecular flexibility index (Phi) is 7.91. The molecule has 0 N–H and O–H groups in total. The summed E-state index contributed by atoms with van der Waals surface area (Å²) in [5, 5.41) is 3.29. The van der Waals surface area contributed by atoms with Gasteiger partial charge in [0.25, 0.3) is 0 Å². The van der Waals surface area contributed by atoms with Crippen molar-refractivity contribution >= 4 is 28.4 Å². The van der Waals surface area contributed by atoms with Gasteiger partial charge in [0.05, 0.1) is 0 Å². The second kappa shape index (κ2) is 11.7. The zero-order chi connectivity index (χ0) is 25.9. The van der Waals surface area contributed by atoms with Crippen LogP contribution in [-0.2, 0) is 20.9 Å². The molecule has 4 aromatic rings. The summed E-state index contributed by atoms with van der Waals surface area (Å²) < 4.78 is 1.28. The number of allylic oxidation sites excluding steroid dienone is 2. The van der Waals surface area contributed by atoms with E-state index < -0.39 is 26.8 Å². The molecule has 0 bridgehead atoms. The zero-order valence-electron chi connectivity index (χ0n) is 22.6. The van der Waals surface area contributed by atoms with Gasteiger partial charge in [0.15, 0.2) is 0 Å². The molecule has 0 heterocycles. The third-order valence-electron chi connectivity index (χ3n) is 8.38. The summed E-state index contributed by atoms with van der Waals surface area (Å²) >= 11 is -2.42. The third-order valence-corrected chi connectivity index (χ3v) is 31.6. The minimum atomic E-state index is -2.42. The predicted octanol–water partition coefficient (Wildman–Crippen LogP) is 8.02. The maximum absolute atomic E-state index is 2.59. The fraction of sp³-hybridized carbons (Fsp3) is 0.222. The summed E-state index contributed by atoms with van der Waals surface area (Å²) in [7, 11) is 0. The average Bonchev–Trinajstić information content (AvgIpc) is 3.51. The van der Waals surface area contributed by atoms with Crippen LogP contribution in [0.2, 0.25) is 0 Å². The van der Waals surface area contributed by atoms with Gasteiger partial charge in [-0.1, -0.05) is 0 Å². The van der Waals surface area contributed by atoms with Gasteiger partial charge >= 0.3 is 239 Å². The molecule has 0 radical (unpaired) electrons. The summed E-state index contributed by atoms with van der Waals surface area (Å²) in [6, 6.07) is 42.2. The van der Waals surface area contributed by atoms with Crippen LogP contribution >= 0.6 is 0 Å². The van der Waals surface area contributed by atoms with E-state index in [-0.39, 0.29) is 0 Å². The van der Waals surface area contributed by atoms with Crippen LogP contribution in [-0.4, -0.2) is 5.92 Å². The van der Waals surface area contributed by atoms with Crippen molar-refractivity contribution in [3.63, 3.8) is 0 Å². The summed E-state index contributed by atoms with van der Waals surface area (Å²) in [5.41, 5.74) is 9.70. The molecule has 4 aromatic carbocycles. The second-order valence-electron chi connectivity index (χ2n) is 10.8. The van der Waals surface area contributed by atoms with Gasteiger partial charge in [-0.25, -0.2) is 0 Å².